The van der Waals surface area contributed by atoms with Crippen LogP contribution in [0.3, 0.4) is 0 Å². The van der Waals surface area contributed by atoms with E-state index in [2.05, 4.69) is 0 Å². The maximum Gasteiger partial charge on any atom is 0.336 e. The van der Waals surface area contributed by atoms with E-state index in [1.807, 2.05) is 66.9 Å². The topological polar surface area (TPSA) is 39.4 Å². The van der Waals surface area contributed by atoms with Gasteiger partial charge in [0.05, 0.1) is 17.4 Å². The summed E-state index contributed by atoms with van der Waals surface area (Å²) in [4.78, 5) is 12.8. The highest BCUT2D eigenvalue weighted by molar-refractivity contribution is 8.07. The molecule has 24 heavy (non-hydrogen) atoms. The van der Waals surface area contributed by atoms with E-state index in [0.717, 1.165) is 27.2 Å². The number of thioether (sulfide) groups is 1. The number of furan rings is 1. The van der Waals surface area contributed by atoms with E-state index in [1.165, 1.54) is 0 Å². The molecule has 0 bridgehead atoms. The van der Waals surface area contributed by atoms with Crippen molar-refractivity contribution in [3.63, 3.8) is 0 Å². The summed E-state index contributed by atoms with van der Waals surface area (Å²) in [5.74, 6) is -0.278. The third-order valence-electron chi connectivity index (χ3n) is 4.06. The fraction of sp³-hybridized carbons (Fsp3) is 0.150. The third-order valence-corrected chi connectivity index (χ3v) is 5.19. The van der Waals surface area contributed by atoms with E-state index in [0.29, 0.717) is 12.2 Å². The molecule has 1 atom stereocenters. The van der Waals surface area contributed by atoms with Crippen molar-refractivity contribution in [1.29, 1.82) is 0 Å². The van der Waals surface area contributed by atoms with Gasteiger partial charge in [0.15, 0.2) is 0 Å². The summed E-state index contributed by atoms with van der Waals surface area (Å²) < 4.78 is 11.3. The Morgan fingerprint density at radius 1 is 1.12 bits per heavy atom. The summed E-state index contributed by atoms with van der Waals surface area (Å²) in [7, 11) is 0. The summed E-state index contributed by atoms with van der Waals surface area (Å²) >= 11 is 1.58. The second kappa shape index (κ2) is 6.21. The van der Waals surface area contributed by atoms with Gasteiger partial charge < -0.3 is 9.15 Å². The Kier molecular flexibility index (Phi) is 3.90. The number of carbonyl (C=O) groups is 1. The Labute approximate surface area is 143 Å². The minimum absolute atomic E-state index is 0.0984. The Bertz CT molecular complexity index is 1020. The SMILES string of the molecule is CCOC(=O)C1=c2c(oc3ccccc23)=CSC1c1ccccc1. The lowest BCUT2D eigenvalue weighted by Crippen LogP contribution is -2.32. The summed E-state index contributed by atoms with van der Waals surface area (Å²) in [5, 5.41) is 3.71. The highest BCUT2D eigenvalue weighted by Crippen LogP contribution is 2.39. The van der Waals surface area contributed by atoms with Gasteiger partial charge in [-0.05, 0) is 18.6 Å². The van der Waals surface area contributed by atoms with Crippen LogP contribution in [0.4, 0.5) is 0 Å². The molecule has 0 saturated carbocycles. The van der Waals surface area contributed by atoms with Crippen molar-refractivity contribution < 1.29 is 13.9 Å². The molecule has 4 rings (SSSR count). The van der Waals surface area contributed by atoms with Gasteiger partial charge >= 0.3 is 5.97 Å². The summed E-state index contributed by atoms with van der Waals surface area (Å²) in [6, 6.07) is 17.8. The molecule has 0 radical (unpaired) electrons. The van der Waals surface area contributed by atoms with Crippen LogP contribution >= 0.6 is 11.8 Å². The Balaban J connectivity index is 2.05. The Hall–Kier alpha value is -2.46. The van der Waals surface area contributed by atoms with Gasteiger partial charge in [0.1, 0.15) is 11.0 Å². The fourth-order valence-corrected chi connectivity index (χ4v) is 4.14. The van der Waals surface area contributed by atoms with Crippen LogP contribution in [0.2, 0.25) is 0 Å². The van der Waals surface area contributed by atoms with E-state index in [1.54, 1.807) is 11.8 Å². The smallest absolute Gasteiger partial charge is 0.336 e. The van der Waals surface area contributed by atoms with E-state index in [9.17, 15) is 4.79 Å². The van der Waals surface area contributed by atoms with E-state index in [-0.39, 0.29) is 11.2 Å². The number of hydrogen-bond acceptors (Lipinski definition) is 4. The molecule has 3 nitrogen and oxygen atoms in total. The van der Waals surface area contributed by atoms with Crippen LogP contribution in [0.15, 0.2) is 59.0 Å². The van der Waals surface area contributed by atoms with Crippen LogP contribution in [0.5, 0.6) is 0 Å². The van der Waals surface area contributed by atoms with Crippen molar-refractivity contribution in [1.82, 2.24) is 0 Å². The molecule has 0 saturated heterocycles. The standard InChI is InChI=1S/C20H16O3S/c1-2-22-20(21)18-17-14-10-6-7-11-15(14)23-16(17)12-24-19(18)13-8-4-3-5-9-13/h3-12,19H,2H2,1H3. The average Bonchev–Trinajstić information content (AvgIpc) is 3.00. The zero-order chi connectivity index (χ0) is 16.5. The molecule has 2 aromatic carbocycles. The van der Waals surface area contributed by atoms with Gasteiger partial charge in [-0.3, -0.25) is 0 Å². The van der Waals surface area contributed by atoms with Gasteiger partial charge in [-0.1, -0.05) is 48.5 Å². The summed E-state index contributed by atoms with van der Waals surface area (Å²) in [6.45, 7) is 2.18. The molecule has 0 fully saturated rings. The highest BCUT2D eigenvalue weighted by Gasteiger charge is 2.29. The molecule has 120 valence electrons. The number of hydrogen-bond donors (Lipinski definition) is 0. The van der Waals surface area contributed by atoms with E-state index in [4.69, 9.17) is 9.15 Å². The van der Waals surface area contributed by atoms with Crippen LogP contribution < -0.4 is 10.6 Å². The van der Waals surface area contributed by atoms with Crippen molar-refractivity contribution in [2.45, 2.75) is 12.2 Å². The maximum absolute atomic E-state index is 12.8. The number of carbonyl (C=O) groups excluding carboxylic acids is 1. The second-order valence-electron chi connectivity index (χ2n) is 5.52. The predicted octanol–water partition coefficient (Wildman–Crippen LogP) is 3.37. The molecule has 1 aliphatic rings. The Morgan fingerprint density at radius 2 is 1.88 bits per heavy atom. The van der Waals surface area contributed by atoms with Gasteiger partial charge in [0.25, 0.3) is 0 Å². The van der Waals surface area contributed by atoms with Gasteiger partial charge in [-0.25, -0.2) is 4.79 Å². The van der Waals surface area contributed by atoms with Gasteiger partial charge in [0, 0.05) is 16.0 Å². The van der Waals surface area contributed by atoms with E-state index >= 15 is 0 Å². The molecule has 0 aliphatic carbocycles. The van der Waals surface area contributed by atoms with Crippen molar-refractivity contribution in [2.24, 2.45) is 0 Å². The molecule has 4 heteroatoms. The molecular formula is C20H16O3S. The number of para-hydroxylation sites is 1. The first kappa shape index (κ1) is 15.1. The molecule has 2 heterocycles. The normalized spacial score (nSPS) is 16.5. The molecule has 0 N–H and O–H groups in total. The van der Waals surface area contributed by atoms with Crippen molar-refractivity contribution in [2.75, 3.05) is 6.61 Å². The number of esters is 1. The van der Waals surface area contributed by atoms with Gasteiger partial charge in [-0.15, -0.1) is 11.8 Å². The monoisotopic (exact) mass is 336 g/mol. The van der Waals surface area contributed by atoms with Gasteiger partial charge in [-0.2, -0.15) is 0 Å². The van der Waals surface area contributed by atoms with E-state index < -0.39 is 0 Å². The minimum atomic E-state index is -0.278. The fourth-order valence-electron chi connectivity index (χ4n) is 3.05. The molecule has 0 amide bonds. The number of fused-ring (bicyclic) bond motifs is 3. The Morgan fingerprint density at radius 3 is 2.67 bits per heavy atom. The molecule has 1 aromatic heterocycles. The lowest BCUT2D eigenvalue weighted by atomic mass is 10.0. The highest BCUT2D eigenvalue weighted by atomic mass is 32.2. The second-order valence-corrected chi connectivity index (χ2v) is 6.50. The number of ether oxygens (including phenoxy) is 1. The first-order valence-electron chi connectivity index (χ1n) is 7.89. The lowest BCUT2D eigenvalue weighted by Gasteiger charge is -2.19. The van der Waals surface area contributed by atoms with Crippen LogP contribution in [0, 0.1) is 0 Å². The molecule has 0 spiro atoms. The average molecular weight is 336 g/mol. The zero-order valence-electron chi connectivity index (χ0n) is 13.2. The van der Waals surface area contributed by atoms with Gasteiger partial charge in [0.2, 0.25) is 0 Å². The third kappa shape index (κ3) is 2.43. The minimum Gasteiger partial charge on any atom is -0.463 e. The van der Waals surface area contributed by atoms with Crippen molar-refractivity contribution >= 4 is 39.7 Å². The lowest BCUT2D eigenvalue weighted by molar-refractivity contribution is -0.136. The van der Waals surface area contributed by atoms with Crippen LogP contribution in [0.1, 0.15) is 17.7 Å². The molecule has 1 aliphatic heterocycles. The van der Waals surface area contributed by atoms with Crippen LogP contribution in [-0.4, -0.2) is 12.6 Å². The predicted molar refractivity (Wildman–Crippen MR) is 96.7 cm³/mol. The van der Waals surface area contributed by atoms with Crippen LogP contribution in [0.25, 0.3) is 22.0 Å². The first-order chi connectivity index (χ1) is 11.8. The summed E-state index contributed by atoms with van der Waals surface area (Å²) in [5.41, 5.74) is 3.26. The van der Waals surface area contributed by atoms with Crippen LogP contribution in [-0.2, 0) is 9.53 Å². The largest absolute Gasteiger partial charge is 0.463 e. The maximum atomic E-state index is 12.8. The molecule has 3 aromatic rings. The molecule has 1 unspecified atom stereocenters. The number of rotatable bonds is 3. The van der Waals surface area contributed by atoms with Crippen molar-refractivity contribution in [3.05, 3.63) is 70.8 Å². The number of benzene rings is 2. The van der Waals surface area contributed by atoms with Crippen molar-refractivity contribution in [3.8, 4) is 0 Å². The zero-order valence-corrected chi connectivity index (χ0v) is 14.0. The summed E-state index contributed by atoms with van der Waals surface area (Å²) in [6.07, 6.45) is 0. The quantitative estimate of drug-likeness (QED) is 0.688. The molecular weight excluding hydrogens is 320 g/mol. The first-order valence-corrected chi connectivity index (χ1v) is 8.83.